The van der Waals surface area contributed by atoms with Crippen molar-refractivity contribution in [1.29, 1.82) is 0 Å². The van der Waals surface area contributed by atoms with E-state index in [1.165, 1.54) is 11.9 Å². The van der Waals surface area contributed by atoms with Crippen LogP contribution in [0.4, 0.5) is 0 Å². The van der Waals surface area contributed by atoms with Crippen LogP contribution in [-0.4, -0.2) is 59.5 Å². The zero-order valence-electron chi connectivity index (χ0n) is 6.59. The zero-order chi connectivity index (χ0) is 8.97. The molecule has 1 heterocycles. The van der Waals surface area contributed by atoms with Gasteiger partial charge in [0, 0.05) is 0 Å². The van der Waals surface area contributed by atoms with Gasteiger partial charge in [0.2, 0.25) is 0 Å². The molecule has 0 spiro atoms. The Labute approximate surface area is 77.9 Å². The van der Waals surface area contributed by atoms with Crippen LogP contribution in [0.2, 0.25) is 0 Å². The molecule has 0 aromatic carbocycles. The summed E-state index contributed by atoms with van der Waals surface area (Å²) < 4.78 is 1.53. The number of aromatic nitrogens is 2. The number of hydrogen-bond donors (Lipinski definition) is 0. The van der Waals surface area contributed by atoms with Crippen LogP contribution in [0, 0.1) is 0 Å². The molecule has 1 rings (SSSR count). The first-order valence-electron chi connectivity index (χ1n) is 3.52. The standard InChI is InChI=1S/C4H3B6N2/c5-9-12-4(1-2-11-12)8-3-10(6)7/h1-3H. The Morgan fingerprint density at radius 2 is 2.33 bits per heavy atom. The third-order valence-corrected chi connectivity index (χ3v) is 1.33. The molecule has 0 amide bonds. The molecule has 0 saturated heterocycles. The van der Waals surface area contributed by atoms with Gasteiger partial charge in [0.25, 0.3) is 0 Å². The molecule has 0 fully saturated rings. The van der Waals surface area contributed by atoms with E-state index in [2.05, 4.69) is 5.10 Å². The molecule has 1 aromatic rings. The van der Waals surface area contributed by atoms with Crippen molar-refractivity contribution in [3.63, 3.8) is 0 Å². The SMILES string of the molecule is [B][B]n1nccc1B=CB([B])[B]. The molecular formula is C4H3B6N2. The molecule has 0 aliphatic rings. The van der Waals surface area contributed by atoms with Gasteiger partial charge >= 0.3 is 77.3 Å². The molecule has 8 heteroatoms. The summed E-state index contributed by atoms with van der Waals surface area (Å²) >= 11 is 0. The Balaban J connectivity index is 2.74. The van der Waals surface area contributed by atoms with E-state index < -0.39 is 6.49 Å². The molecule has 1 aromatic heterocycles. The molecule has 0 atom stereocenters. The van der Waals surface area contributed by atoms with E-state index in [0.29, 0.717) is 0 Å². The first kappa shape index (κ1) is 9.56. The molecule has 47 valence electrons. The Morgan fingerprint density at radius 3 is 2.92 bits per heavy atom. The molecule has 0 bridgehead atoms. The molecule has 0 N–H and O–H groups in total. The van der Waals surface area contributed by atoms with E-state index >= 15 is 0 Å². The van der Waals surface area contributed by atoms with Crippen molar-refractivity contribution >= 4 is 55.4 Å². The van der Waals surface area contributed by atoms with Gasteiger partial charge in [-0.15, -0.1) is 0 Å². The van der Waals surface area contributed by atoms with Crippen LogP contribution < -0.4 is 5.59 Å². The molecule has 0 aliphatic heterocycles. The summed E-state index contributed by atoms with van der Waals surface area (Å²) in [5, 5.41) is 3.92. The molecular weight excluding hydrogens is 141 g/mol. The van der Waals surface area contributed by atoms with Crippen molar-refractivity contribution in [2.45, 2.75) is 0 Å². The van der Waals surface area contributed by atoms with Crippen molar-refractivity contribution in [3.05, 3.63) is 12.3 Å². The van der Waals surface area contributed by atoms with Gasteiger partial charge in [0.05, 0.1) is 0 Å². The number of rotatable bonds is 3. The van der Waals surface area contributed by atoms with E-state index in [1.807, 2.05) is 6.07 Å². The van der Waals surface area contributed by atoms with E-state index in [-0.39, 0.29) is 0 Å². The fourth-order valence-electron chi connectivity index (χ4n) is 0.791. The van der Waals surface area contributed by atoms with Crippen LogP contribution >= 0.6 is 0 Å². The van der Waals surface area contributed by atoms with Gasteiger partial charge in [-0.05, 0) is 0 Å². The van der Waals surface area contributed by atoms with Gasteiger partial charge in [0.1, 0.15) is 0 Å². The van der Waals surface area contributed by atoms with Gasteiger partial charge < -0.3 is 0 Å². The summed E-state index contributed by atoms with van der Waals surface area (Å²) in [4.78, 5) is 0. The Morgan fingerprint density at radius 1 is 1.58 bits per heavy atom. The predicted octanol–water partition coefficient (Wildman–Crippen LogP) is -3.07. The Kier molecular flexibility index (Phi) is 3.57. The van der Waals surface area contributed by atoms with Crippen molar-refractivity contribution in [2.24, 2.45) is 0 Å². The van der Waals surface area contributed by atoms with Gasteiger partial charge in [-0.25, -0.2) is 0 Å². The molecule has 7 radical (unpaired) electrons. The minimum absolute atomic E-state index is 0.453. The minimum atomic E-state index is -0.453. The number of hydrogen-bond acceptors (Lipinski definition) is 1. The van der Waals surface area contributed by atoms with Crippen LogP contribution in [0.5, 0.6) is 0 Å². The monoisotopic (exact) mass is 145 g/mol. The normalized spacial score (nSPS) is 9.67. The van der Waals surface area contributed by atoms with E-state index in [0.717, 1.165) is 5.59 Å². The van der Waals surface area contributed by atoms with Crippen LogP contribution in [-0.2, 0) is 0 Å². The first-order valence-corrected chi connectivity index (χ1v) is 3.52. The maximum atomic E-state index is 5.32. The van der Waals surface area contributed by atoms with E-state index in [4.69, 9.17) is 23.2 Å². The fourth-order valence-corrected chi connectivity index (χ4v) is 0.791. The third-order valence-electron chi connectivity index (χ3n) is 1.33. The van der Waals surface area contributed by atoms with Crippen molar-refractivity contribution in [2.75, 3.05) is 0 Å². The van der Waals surface area contributed by atoms with E-state index in [1.54, 1.807) is 19.0 Å². The van der Waals surface area contributed by atoms with Gasteiger partial charge in [-0.1, -0.05) is 0 Å². The van der Waals surface area contributed by atoms with Gasteiger partial charge in [-0.3, -0.25) is 0 Å². The summed E-state index contributed by atoms with van der Waals surface area (Å²) in [6, 6.07) is 1.81. The summed E-state index contributed by atoms with van der Waals surface area (Å²) in [5.41, 5.74) is 0.846. The second kappa shape index (κ2) is 4.48. The third kappa shape index (κ3) is 2.50. The van der Waals surface area contributed by atoms with E-state index in [9.17, 15) is 0 Å². The van der Waals surface area contributed by atoms with Crippen LogP contribution in [0.25, 0.3) is 0 Å². The molecule has 2 nitrogen and oxygen atoms in total. The van der Waals surface area contributed by atoms with Gasteiger partial charge in [-0.2, -0.15) is 0 Å². The Hall–Kier alpha value is -0.530. The molecule has 0 unspecified atom stereocenters. The van der Waals surface area contributed by atoms with Crippen LogP contribution in [0.1, 0.15) is 0 Å². The predicted molar refractivity (Wildman–Crippen MR) is 57.8 cm³/mol. The molecule has 12 heavy (non-hydrogen) atoms. The zero-order valence-corrected chi connectivity index (χ0v) is 6.59. The summed E-state index contributed by atoms with van der Waals surface area (Å²) in [6.45, 7) is 1.31. The fraction of sp³-hybridized carbons (Fsp3) is 0. The molecule has 0 saturated carbocycles. The van der Waals surface area contributed by atoms with Crippen molar-refractivity contribution in [3.8, 4) is 0 Å². The summed E-state index contributed by atoms with van der Waals surface area (Å²) in [5.74, 6) is 1.66. The average molecular weight is 144 g/mol. The first-order chi connectivity index (χ1) is 5.74. The number of nitrogens with zero attached hydrogens (tertiary/aromatic N) is 2. The summed E-state index contributed by atoms with van der Waals surface area (Å²) in [7, 11) is 17.3. The van der Waals surface area contributed by atoms with Crippen LogP contribution in [0.3, 0.4) is 0 Å². The summed E-state index contributed by atoms with van der Waals surface area (Å²) in [6.07, 6.45) is 1.64. The second-order valence-corrected chi connectivity index (χ2v) is 2.29. The van der Waals surface area contributed by atoms with Gasteiger partial charge in [0.15, 0.2) is 0 Å². The topological polar surface area (TPSA) is 17.8 Å². The molecule has 0 aliphatic carbocycles. The second-order valence-electron chi connectivity index (χ2n) is 2.29. The van der Waals surface area contributed by atoms with Crippen LogP contribution in [0.15, 0.2) is 12.3 Å². The Bertz CT molecular complexity index is 268. The maximum absolute atomic E-state index is 5.32. The average Bonchev–Trinajstić information content (AvgIpc) is 2.47. The van der Waals surface area contributed by atoms with Crippen molar-refractivity contribution in [1.82, 2.24) is 9.69 Å². The quantitative estimate of drug-likeness (QED) is 0.411. The van der Waals surface area contributed by atoms with Crippen molar-refractivity contribution < 1.29 is 0 Å².